The summed E-state index contributed by atoms with van der Waals surface area (Å²) in [5.74, 6) is -4.98. The molecule has 0 N–H and O–H groups in total. The number of fused-ring (bicyclic) bond motifs is 1. The van der Waals surface area contributed by atoms with Crippen LogP contribution in [0.2, 0.25) is 0 Å². The van der Waals surface area contributed by atoms with Crippen LogP contribution in [-0.2, 0) is 0 Å². The number of halogens is 4. The summed E-state index contributed by atoms with van der Waals surface area (Å²) in [5, 5.41) is 14.2. The predicted octanol–water partition coefficient (Wildman–Crippen LogP) is 2.82. The number of hydrogen-bond acceptors (Lipinski definition) is 3. The van der Waals surface area contributed by atoms with Gasteiger partial charge in [-0.3, -0.25) is 0 Å². The maximum atomic E-state index is 13.0. The molecule has 0 bridgehead atoms. The van der Waals surface area contributed by atoms with Crippen molar-refractivity contribution in [3.05, 3.63) is 41.6 Å². The van der Waals surface area contributed by atoms with Crippen LogP contribution in [0.1, 0.15) is 0 Å². The third-order valence-corrected chi connectivity index (χ3v) is 1.85. The van der Waals surface area contributed by atoms with Crippen molar-refractivity contribution in [2.75, 3.05) is 0 Å². The number of pyridine rings is 1. The minimum Gasteiger partial charge on any atom is -0.217 e. The topological polar surface area (TPSA) is 60.5 Å². The van der Waals surface area contributed by atoms with Crippen molar-refractivity contribution in [1.82, 2.24) is 4.98 Å². The zero-order valence-corrected chi connectivity index (χ0v) is 8.59. The summed E-state index contributed by atoms with van der Waals surface area (Å²) in [4.78, 5) is 3.13. The normalized spacial score (nSPS) is 9.00. The zero-order valence-electron chi connectivity index (χ0n) is 8.59. The Bertz CT molecular complexity index is 659. The molecule has 18 heavy (non-hydrogen) atoms. The molecule has 1 heterocycles. The molecular weight excluding hydrogens is 250 g/mol. The van der Waals surface area contributed by atoms with Crippen LogP contribution in [0.15, 0.2) is 18.2 Å². The molecule has 0 saturated heterocycles. The van der Waals surface area contributed by atoms with Crippen LogP contribution in [0.4, 0.5) is 17.6 Å². The van der Waals surface area contributed by atoms with Crippen molar-refractivity contribution in [2.45, 2.75) is 0 Å². The van der Waals surface area contributed by atoms with Gasteiger partial charge in [0.15, 0.2) is 29.6 Å². The first-order chi connectivity index (χ1) is 8.51. The lowest BCUT2D eigenvalue weighted by Gasteiger charge is -2.00. The fourth-order valence-corrected chi connectivity index (χ4v) is 1.14. The van der Waals surface area contributed by atoms with Gasteiger partial charge in [0.1, 0.15) is 0 Å². The van der Waals surface area contributed by atoms with Crippen molar-refractivity contribution < 1.29 is 17.6 Å². The largest absolute Gasteiger partial charge is 0.249 e. The van der Waals surface area contributed by atoms with E-state index in [-0.39, 0.29) is 10.9 Å². The molecule has 0 atom stereocenters. The van der Waals surface area contributed by atoms with Crippen molar-refractivity contribution in [3.8, 4) is 12.1 Å². The molecule has 0 radical (unpaired) electrons. The van der Waals surface area contributed by atoms with Crippen LogP contribution >= 0.6 is 0 Å². The van der Waals surface area contributed by atoms with Gasteiger partial charge in [0.25, 0.3) is 0 Å². The summed E-state index contributed by atoms with van der Waals surface area (Å²) in [7, 11) is 0. The van der Waals surface area contributed by atoms with Gasteiger partial charge in [-0.25, -0.2) is 18.2 Å². The molecule has 90 valence electrons. The molecule has 0 fully saturated rings. The molecule has 0 aliphatic carbocycles. The van der Waals surface area contributed by atoms with Crippen molar-refractivity contribution in [3.63, 3.8) is 0 Å². The van der Waals surface area contributed by atoms with Gasteiger partial charge in [-0.2, -0.15) is 14.9 Å². The second-order valence-corrected chi connectivity index (χ2v) is 2.91. The Morgan fingerprint density at radius 2 is 1.56 bits per heavy atom. The van der Waals surface area contributed by atoms with Gasteiger partial charge in [-0.05, 0) is 18.2 Å². The van der Waals surface area contributed by atoms with E-state index in [4.69, 9.17) is 10.5 Å². The van der Waals surface area contributed by atoms with Crippen molar-refractivity contribution >= 4 is 10.9 Å². The van der Waals surface area contributed by atoms with Crippen LogP contribution in [-0.4, -0.2) is 4.98 Å². The first-order valence-corrected chi connectivity index (χ1v) is 4.39. The highest BCUT2D eigenvalue weighted by Crippen LogP contribution is 2.20. The van der Waals surface area contributed by atoms with E-state index in [0.29, 0.717) is 6.07 Å². The van der Waals surface area contributed by atoms with Crippen LogP contribution in [0.25, 0.3) is 10.9 Å². The molecule has 7 heteroatoms. The third-order valence-electron chi connectivity index (χ3n) is 1.85. The molecule has 0 unspecified atom stereocenters. The summed E-state index contributed by atoms with van der Waals surface area (Å²) in [5.41, 5.74) is -0.122. The van der Waals surface area contributed by atoms with Gasteiger partial charge in [0.05, 0.1) is 5.52 Å². The lowest BCUT2D eigenvalue weighted by atomic mass is 10.2. The number of nitriles is 2. The monoisotopic (exact) mass is 253 g/mol. The van der Waals surface area contributed by atoms with Gasteiger partial charge >= 0.3 is 0 Å². The Hall–Kier alpha value is -2.67. The molecule has 0 amide bonds. The Kier molecular flexibility index (Phi) is 4.16. The summed E-state index contributed by atoms with van der Waals surface area (Å²) >= 11 is 0. The highest BCUT2D eigenvalue weighted by atomic mass is 19.2. The maximum absolute atomic E-state index is 13.0. The van der Waals surface area contributed by atoms with Gasteiger partial charge in [0.2, 0.25) is 5.95 Å². The molecule has 1 aromatic carbocycles. The number of hydrogen-bond donors (Lipinski definition) is 0. The number of nitrogens with zero attached hydrogens (tertiary/aromatic N) is 3. The van der Waals surface area contributed by atoms with Gasteiger partial charge in [-0.1, -0.05) is 0 Å². The zero-order chi connectivity index (χ0) is 13.7. The Labute approximate surface area is 98.5 Å². The lowest BCUT2D eigenvalue weighted by Crippen LogP contribution is -1.94. The SMILES string of the molecule is Fc1cc2c(F)c(F)ccc2nc1F.N#CC#N. The van der Waals surface area contributed by atoms with Gasteiger partial charge in [-0.15, -0.1) is 0 Å². The molecule has 0 saturated carbocycles. The van der Waals surface area contributed by atoms with E-state index in [1.54, 1.807) is 0 Å². The van der Waals surface area contributed by atoms with E-state index in [2.05, 4.69) is 4.98 Å². The van der Waals surface area contributed by atoms with Crippen LogP contribution in [0.3, 0.4) is 0 Å². The molecule has 0 spiro atoms. The van der Waals surface area contributed by atoms with Gasteiger partial charge in [0, 0.05) is 5.39 Å². The molecule has 1 aromatic heterocycles. The van der Waals surface area contributed by atoms with E-state index in [1.165, 1.54) is 12.1 Å². The third kappa shape index (κ3) is 2.71. The van der Waals surface area contributed by atoms with E-state index >= 15 is 0 Å². The molecule has 0 aliphatic rings. The second kappa shape index (κ2) is 5.60. The molecule has 2 aromatic rings. The number of benzene rings is 1. The second-order valence-electron chi connectivity index (χ2n) is 2.91. The maximum Gasteiger partial charge on any atom is 0.249 e. The minimum atomic E-state index is -1.33. The van der Waals surface area contributed by atoms with E-state index in [1.807, 2.05) is 0 Å². The minimum absolute atomic E-state index is 0.122. The Morgan fingerprint density at radius 1 is 0.944 bits per heavy atom. The highest BCUT2D eigenvalue weighted by molar-refractivity contribution is 5.79. The fourth-order valence-electron chi connectivity index (χ4n) is 1.14. The molecule has 0 aliphatic heterocycles. The predicted molar refractivity (Wildman–Crippen MR) is 52.8 cm³/mol. The number of rotatable bonds is 0. The summed E-state index contributed by atoms with van der Waals surface area (Å²) in [6.45, 7) is 0. The standard InChI is InChI=1S/C9H3F4N.C2N2/c10-5-1-2-7-4(8(5)12)3-6(11)9(13)14-7;3-1-2-4/h1-3H;. The number of aromatic nitrogens is 1. The highest BCUT2D eigenvalue weighted by Gasteiger charge is 2.11. The quantitative estimate of drug-likeness (QED) is 0.535. The first kappa shape index (κ1) is 13.4. The van der Waals surface area contributed by atoms with E-state index in [9.17, 15) is 17.6 Å². The van der Waals surface area contributed by atoms with Crippen molar-refractivity contribution in [2.24, 2.45) is 0 Å². The van der Waals surface area contributed by atoms with Gasteiger partial charge < -0.3 is 0 Å². The Morgan fingerprint density at radius 3 is 2.11 bits per heavy atom. The van der Waals surface area contributed by atoms with Crippen LogP contribution in [0.5, 0.6) is 0 Å². The molecule has 3 nitrogen and oxygen atoms in total. The average molecular weight is 253 g/mol. The summed E-state index contributed by atoms with van der Waals surface area (Å²) < 4.78 is 50.9. The summed E-state index contributed by atoms with van der Waals surface area (Å²) in [6.07, 6.45) is 0. The smallest absolute Gasteiger partial charge is 0.217 e. The molecule has 2 rings (SSSR count). The summed E-state index contributed by atoms with van der Waals surface area (Å²) in [6, 6.07) is 4.94. The molecular formula is C11H3F4N3. The van der Waals surface area contributed by atoms with E-state index < -0.39 is 23.4 Å². The fraction of sp³-hybridized carbons (Fsp3) is 0. The lowest BCUT2D eigenvalue weighted by molar-refractivity contribution is 0.480. The van der Waals surface area contributed by atoms with Crippen LogP contribution < -0.4 is 0 Å². The van der Waals surface area contributed by atoms with Crippen molar-refractivity contribution in [1.29, 1.82) is 10.5 Å². The average Bonchev–Trinajstić information content (AvgIpc) is 2.37. The van der Waals surface area contributed by atoms with Crippen LogP contribution in [0, 0.1) is 46.1 Å². The first-order valence-electron chi connectivity index (χ1n) is 4.39. The van der Waals surface area contributed by atoms with E-state index in [0.717, 1.165) is 12.1 Å². The Balaban J connectivity index is 0.000000357.